The van der Waals surface area contributed by atoms with Crippen LogP contribution in [0.25, 0.3) is 0 Å². The minimum atomic E-state index is -3.03. The molecule has 2 rings (SSSR count). The summed E-state index contributed by atoms with van der Waals surface area (Å²) >= 11 is 0. The minimum absolute atomic E-state index is 0.173. The van der Waals surface area contributed by atoms with Gasteiger partial charge in [-0.2, -0.15) is 0 Å². The number of carboxylic acid groups (broad SMARTS) is 3. The summed E-state index contributed by atoms with van der Waals surface area (Å²) in [6.45, 7) is 4.08. The number of allylic oxidation sites excluding steroid dienone is 1. The van der Waals surface area contributed by atoms with E-state index in [1.54, 1.807) is 30.3 Å². The maximum atomic E-state index is 13.4. The van der Waals surface area contributed by atoms with E-state index in [2.05, 4.69) is 12.2 Å². The van der Waals surface area contributed by atoms with Crippen LogP contribution in [0.4, 0.5) is 0 Å². The van der Waals surface area contributed by atoms with Gasteiger partial charge in [-0.3, -0.25) is 14.4 Å². The molecule has 11 heteroatoms. The summed E-state index contributed by atoms with van der Waals surface area (Å²) in [5.74, 6) is -6.59. The molecule has 0 unspecified atom stereocenters. The number of amides is 1. The van der Waals surface area contributed by atoms with Crippen LogP contribution in [-0.2, 0) is 30.4 Å². The van der Waals surface area contributed by atoms with Crippen LogP contribution in [0.1, 0.15) is 102 Å². The molecule has 0 spiro atoms. The zero-order valence-electron chi connectivity index (χ0n) is 28.6. The van der Waals surface area contributed by atoms with Crippen LogP contribution in [0.2, 0.25) is 0 Å². The number of benzene rings is 2. The Bertz CT molecular complexity index is 1400. The topological polar surface area (TPSA) is 188 Å². The van der Waals surface area contributed by atoms with Crippen molar-refractivity contribution in [2.45, 2.75) is 115 Å². The molecule has 5 N–H and O–H groups in total. The van der Waals surface area contributed by atoms with Gasteiger partial charge < -0.3 is 30.5 Å². The maximum absolute atomic E-state index is 13.4. The highest BCUT2D eigenvalue weighted by Crippen LogP contribution is 2.26. The fourth-order valence-electron chi connectivity index (χ4n) is 5.44. The molecule has 0 fully saturated rings. The molecule has 0 aliphatic heterocycles. The van der Waals surface area contributed by atoms with E-state index >= 15 is 0 Å². The van der Waals surface area contributed by atoms with Crippen molar-refractivity contribution < 1.29 is 49.1 Å². The normalized spacial score (nSPS) is 13.7. The lowest BCUT2D eigenvalue weighted by molar-refractivity contribution is -0.172. The lowest BCUT2D eigenvalue weighted by Gasteiger charge is -2.29. The van der Waals surface area contributed by atoms with Crippen LogP contribution in [-0.4, -0.2) is 61.7 Å². The number of ketones is 1. The zero-order valence-corrected chi connectivity index (χ0v) is 28.6. The number of Topliss-reactive ketones (excluding diaryl/α,β-unsaturated/α-hetero) is 1. The SMILES string of the molecule is CCCCCCCC(=O)CCCCCCC=C[C@H](C(=O)N[C@@H](Cc1ccc(Oc2cccc(C)c2)cc1)C(=O)O)[C@@](O)(CC(=O)O)C(=O)O. The van der Waals surface area contributed by atoms with Gasteiger partial charge in [0, 0.05) is 19.3 Å². The number of rotatable bonds is 25. The van der Waals surface area contributed by atoms with Gasteiger partial charge >= 0.3 is 17.9 Å². The summed E-state index contributed by atoms with van der Waals surface area (Å²) in [7, 11) is 0. The first-order chi connectivity index (χ1) is 23.3. The Morgan fingerprint density at radius 2 is 1.47 bits per heavy atom. The molecule has 0 heterocycles. The van der Waals surface area contributed by atoms with Crippen LogP contribution < -0.4 is 10.1 Å². The minimum Gasteiger partial charge on any atom is -0.481 e. The number of carbonyl (C=O) groups excluding carboxylic acids is 2. The second-order valence-corrected chi connectivity index (χ2v) is 12.5. The number of hydrogen-bond donors (Lipinski definition) is 5. The van der Waals surface area contributed by atoms with Gasteiger partial charge in [0.15, 0.2) is 5.60 Å². The van der Waals surface area contributed by atoms with Crippen molar-refractivity contribution in [2.24, 2.45) is 5.92 Å². The summed E-state index contributed by atoms with van der Waals surface area (Å²) in [4.78, 5) is 61.2. The van der Waals surface area contributed by atoms with Gasteiger partial charge in [0.2, 0.25) is 5.91 Å². The van der Waals surface area contributed by atoms with Gasteiger partial charge in [-0.25, -0.2) is 9.59 Å². The summed E-state index contributed by atoms with van der Waals surface area (Å²) in [5.41, 5.74) is -1.48. The van der Waals surface area contributed by atoms with Crippen LogP contribution in [0.5, 0.6) is 11.5 Å². The van der Waals surface area contributed by atoms with Crippen molar-refractivity contribution in [3.8, 4) is 11.5 Å². The number of carboxylic acids is 3. The number of ether oxygens (including phenoxy) is 1. The average molecular weight is 682 g/mol. The monoisotopic (exact) mass is 681 g/mol. The number of hydrogen-bond acceptors (Lipinski definition) is 7. The van der Waals surface area contributed by atoms with Crippen LogP contribution in [0.15, 0.2) is 60.7 Å². The molecule has 2 aromatic rings. The number of aliphatic carboxylic acids is 3. The molecule has 0 radical (unpaired) electrons. The highest BCUT2D eigenvalue weighted by Gasteiger charge is 2.49. The summed E-state index contributed by atoms with van der Waals surface area (Å²) in [6.07, 6.45) is 11.2. The van der Waals surface area contributed by atoms with E-state index in [9.17, 15) is 44.4 Å². The van der Waals surface area contributed by atoms with Crippen LogP contribution >= 0.6 is 0 Å². The number of aliphatic hydroxyl groups is 1. The Labute approximate surface area is 288 Å². The number of unbranched alkanes of at least 4 members (excludes halogenated alkanes) is 8. The predicted octanol–water partition coefficient (Wildman–Crippen LogP) is 6.63. The van der Waals surface area contributed by atoms with Crippen LogP contribution in [0.3, 0.4) is 0 Å². The Morgan fingerprint density at radius 3 is 2.04 bits per heavy atom. The van der Waals surface area contributed by atoms with Crippen molar-refractivity contribution in [2.75, 3.05) is 0 Å². The molecule has 0 saturated carbocycles. The van der Waals surface area contributed by atoms with Gasteiger partial charge in [0.1, 0.15) is 23.3 Å². The molecule has 1 amide bonds. The molecule has 0 bridgehead atoms. The third-order valence-electron chi connectivity index (χ3n) is 8.26. The first-order valence-corrected chi connectivity index (χ1v) is 17.1. The van der Waals surface area contributed by atoms with Crippen LogP contribution in [0, 0.1) is 12.8 Å². The van der Waals surface area contributed by atoms with Crippen molar-refractivity contribution in [1.82, 2.24) is 5.32 Å². The molecule has 0 saturated heterocycles. The molecule has 3 atom stereocenters. The molecular formula is C38H51NO10. The second kappa shape index (κ2) is 21.5. The van der Waals surface area contributed by atoms with Gasteiger partial charge in [-0.05, 0) is 68.0 Å². The van der Waals surface area contributed by atoms with E-state index in [4.69, 9.17) is 4.74 Å². The van der Waals surface area contributed by atoms with Crippen molar-refractivity contribution in [3.63, 3.8) is 0 Å². The van der Waals surface area contributed by atoms with Crippen molar-refractivity contribution in [1.29, 1.82) is 0 Å². The first-order valence-electron chi connectivity index (χ1n) is 17.1. The molecule has 49 heavy (non-hydrogen) atoms. The second-order valence-electron chi connectivity index (χ2n) is 12.5. The molecule has 11 nitrogen and oxygen atoms in total. The van der Waals surface area contributed by atoms with Gasteiger partial charge in [0.25, 0.3) is 0 Å². The number of nitrogens with one attached hydrogen (secondary N) is 1. The van der Waals surface area contributed by atoms with E-state index < -0.39 is 47.8 Å². The molecule has 0 aliphatic carbocycles. The third-order valence-corrected chi connectivity index (χ3v) is 8.26. The first kappa shape index (κ1) is 40.7. The molecule has 0 aromatic heterocycles. The lowest BCUT2D eigenvalue weighted by Crippen LogP contribution is -2.55. The van der Waals surface area contributed by atoms with E-state index in [-0.39, 0.29) is 12.2 Å². The Kier molecular flexibility index (Phi) is 17.8. The Balaban J connectivity index is 2.01. The number of aryl methyl sites for hydroxylation is 1. The van der Waals surface area contributed by atoms with E-state index in [1.165, 1.54) is 12.5 Å². The lowest BCUT2D eigenvalue weighted by atomic mass is 9.82. The highest BCUT2D eigenvalue weighted by molar-refractivity contribution is 5.94. The van der Waals surface area contributed by atoms with Gasteiger partial charge in [-0.1, -0.05) is 81.9 Å². The summed E-state index contributed by atoms with van der Waals surface area (Å²) < 4.78 is 5.82. The summed E-state index contributed by atoms with van der Waals surface area (Å²) in [6, 6.07) is 12.5. The molecule has 0 aliphatic rings. The molecule has 268 valence electrons. The fourth-order valence-corrected chi connectivity index (χ4v) is 5.44. The third kappa shape index (κ3) is 15.1. The van der Waals surface area contributed by atoms with Crippen molar-refractivity contribution in [3.05, 3.63) is 71.8 Å². The maximum Gasteiger partial charge on any atom is 0.337 e. The quantitative estimate of drug-likeness (QED) is 0.0562. The highest BCUT2D eigenvalue weighted by atomic mass is 16.5. The predicted molar refractivity (Wildman–Crippen MR) is 185 cm³/mol. The Morgan fingerprint density at radius 1 is 0.837 bits per heavy atom. The van der Waals surface area contributed by atoms with Gasteiger partial charge in [0.05, 0.1) is 12.3 Å². The molecule has 2 aromatic carbocycles. The van der Waals surface area contributed by atoms with Crippen molar-refractivity contribution >= 4 is 29.6 Å². The zero-order chi connectivity index (χ0) is 36.2. The van der Waals surface area contributed by atoms with E-state index in [1.807, 2.05) is 25.1 Å². The van der Waals surface area contributed by atoms with Gasteiger partial charge in [-0.15, -0.1) is 0 Å². The average Bonchev–Trinajstić information content (AvgIpc) is 3.04. The Hall–Kier alpha value is -4.51. The van der Waals surface area contributed by atoms with E-state index in [0.717, 1.165) is 56.6 Å². The standard InChI is InChI=1S/C38H51NO10/c1-3-4-5-8-11-16-29(40)17-12-9-6-7-10-13-19-32(38(48,37(46)47)26-34(41)42)35(43)39-33(36(44)45)25-28-20-22-30(23-21-28)49-31-18-14-15-27(2)24-31/h13-15,18-24,32-33,48H,3-12,16-17,25-26H2,1-2H3,(H,39,43)(H,41,42)(H,44,45)(H,46,47)/t32-,33+,38+/m1/s1. The molecular weight excluding hydrogens is 630 g/mol. The van der Waals surface area contributed by atoms with E-state index in [0.29, 0.717) is 42.7 Å². The number of carbonyl (C=O) groups is 5. The fraction of sp³-hybridized carbons (Fsp3) is 0.500. The largest absolute Gasteiger partial charge is 0.481 e. The summed E-state index contributed by atoms with van der Waals surface area (Å²) in [5, 5.41) is 42.2. The smallest absolute Gasteiger partial charge is 0.337 e.